The van der Waals surface area contributed by atoms with Crippen molar-refractivity contribution in [1.29, 1.82) is 0 Å². The largest absolute Gasteiger partial charge is 0.417 e. The lowest BCUT2D eigenvalue weighted by molar-refractivity contribution is -0.138. The quantitative estimate of drug-likeness (QED) is 0.717. The molecule has 0 unspecified atom stereocenters. The van der Waals surface area contributed by atoms with Crippen LogP contribution in [0.1, 0.15) is 31.2 Å². The summed E-state index contributed by atoms with van der Waals surface area (Å²) in [5, 5.41) is 3.75. The van der Waals surface area contributed by atoms with E-state index < -0.39 is 11.7 Å². The monoisotopic (exact) mass is 378 g/mol. The summed E-state index contributed by atoms with van der Waals surface area (Å²) in [6, 6.07) is 4.16. The maximum atomic E-state index is 12.9. The highest BCUT2D eigenvalue weighted by molar-refractivity contribution is 9.10. The Kier molecular flexibility index (Phi) is 3.98. The predicted molar refractivity (Wildman–Crippen MR) is 83.9 cm³/mol. The molecule has 1 aromatic carbocycles. The summed E-state index contributed by atoms with van der Waals surface area (Å²) in [5.74, 6) is 0.929. The van der Waals surface area contributed by atoms with Crippen molar-refractivity contribution in [3.8, 4) is 0 Å². The Morgan fingerprint density at radius 2 is 1.95 bits per heavy atom. The maximum Gasteiger partial charge on any atom is 0.417 e. The van der Waals surface area contributed by atoms with E-state index >= 15 is 0 Å². The third-order valence-electron chi connectivity index (χ3n) is 3.87. The Labute approximate surface area is 133 Å². The molecule has 21 heavy (non-hydrogen) atoms. The zero-order valence-corrected chi connectivity index (χ0v) is 13.5. The molecule has 2 nitrogen and oxygen atoms in total. The van der Waals surface area contributed by atoms with Crippen molar-refractivity contribution in [2.45, 2.75) is 37.4 Å². The van der Waals surface area contributed by atoms with Crippen molar-refractivity contribution in [1.82, 2.24) is 0 Å². The summed E-state index contributed by atoms with van der Waals surface area (Å²) < 4.78 is 38.7. The first-order valence-electron chi connectivity index (χ1n) is 6.74. The minimum absolute atomic E-state index is 0.0230. The average molecular weight is 379 g/mol. The fraction of sp³-hybridized carbons (Fsp3) is 0.500. The van der Waals surface area contributed by atoms with E-state index in [9.17, 15) is 13.2 Å². The first-order chi connectivity index (χ1) is 9.88. The zero-order chi connectivity index (χ0) is 15.1. The lowest BCUT2D eigenvalue weighted by Crippen LogP contribution is -2.21. The Morgan fingerprint density at radius 1 is 1.24 bits per heavy atom. The number of hydrogen-bond acceptors (Lipinski definition) is 3. The Bertz CT molecular complexity index is 580. The molecule has 1 aliphatic carbocycles. The number of nitrogens with one attached hydrogen (secondary N) is 1. The molecule has 3 rings (SSSR count). The van der Waals surface area contributed by atoms with Crippen molar-refractivity contribution in [3.05, 3.63) is 28.2 Å². The zero-order valence-electron chi connectivity index (χ0n) is 11.1. The molecule has 1 N–H and O–H groups in total. The van der Waals surface area contributed by atoms with Gasteiger partial charge in [0.2, 0.25) is 0 Å². The van der Waals surface area contributed by atoms with Crippen LogP contribution in [0.25, 0.3) is 0 Å². The Morgan fingerprint density at radius 3 is 2.62 bits per heavy atom. The van der Waals surface area contributed by atoms with Gasteiger partial charge in [-0.1, -0.05) is 40.5 Å². The molecule has 0 saturated heterocycles. The third kappa shape index (κ3) is 3.23. The van der Waals surface area contributed by atoms with E-state index in [1.165, 1.54) is 18.9 Å². The van der Waals surface area contributed by atoms with Crippen LogP contribution in [0.5, 0.6) is 0 Å². The Balaban J connectivity index is 1.80. The van der Waals surface area contributed by atoms with E-state index in [0.717, 1.165) is 29.8 Å². The smallest absolute Gasteiger partial charge is 0.335 e. The average Bonchev–Trinajstić information content (AvgIpc) is 3.02. The number of rotatable bonds is 1. The maximum absolute atomic E-state index is 12.9. The van der Waals surface area contributed by atoms with E-state index in [1.54, 1.807) is 17.8 Å². The normalized spacial score (nSPS) is 20.9. The second kappa shape index (κ2) is 5.50. The molecule has 1 heterocycles. The lowest BCUT2D eigenvalue weighted by Gasteiger charge is -2.16. The molecular weight excluding hydrogens is 365 g/mol. The Hall–Kier alpha value is -0.690. The van der Waals surface area contributed by atoms with Crippen LogP contribution in [-0.2, 0) is 6.18 Å². The number of nitrogens with zero attached hydrogens (tertiary/aromatic N) is 1. The minimum atomic E-state index is -4.37. The number of thioether (sulfide) groups is 1. The van der Waals surface area contributed by atoms with E-state index in [2.05, 4.69) is 21.2 Å². The fourth-order valence-electron chi connectivity index (χ4n) is 2.78. The number of halogens is 4. The highest BCUT2D eigenvalue weighted by Crippen LogP contribution is 2.42. The molecule has 1 aromatic rings. The van der Waals surface area contributed by atoms with Gasteiger partial charge in [0, 0.05) is 15.9 Å². The van der Waals surface area contributed by atoms with Gasteiger partial charge >= 0.3 is 6.18 Å². The van der Waals surface area contributed by atoms with Crippen molar-refractivity contribution < 1.29 is 13.2 Å². The number of aliphatic imine (C=N–C) groups is 1. The molecule has 0 bridgehead atoms. The number of alkyl halides is 3. The van der Waals surface area contributed by atoms with Crippen LogP contribution in [0.3, 0.4) is 0 Å². The summed E-state index contributed by atoms with van der Waals surface area (Å²) in [6.45, 7) is 0. The van der Waals surface area contributed by atoms with Crippen LogP contribution < -0.4 is 5.32 Å². The van der Waals surface area contributed by atoms with Crippen molar-refractivity contribution in [2.24, 2.45) is 4.99 Å². The van der Waals surface area contributed by atoms with Gasteiger partial charge < -0.3 is 5.32 Å². The van der Waals surface area contributed by atoms with E-state index in [1.807, 2.05) is 0 Å². The minimum Gasteiger partial charge on any atom is -0.335 e. The van der Waals surface area contributed by atoms with Gasteiger partial charge in [0.15, 0.2) is 5.17 Å². The van der Waals surface area contributed by atoms with Crippen LogP contribution in [0, 0.1) is 0 Å². The van der Waals surface area contributed by atoms with Gasteiger partial charge in [0.1, 0.15) is 0 Å². The van der Waals surface area contributed by atoms with Crippen LogP contribution in [0.4, 0.5) is 18.9 Å². The molecule has 2 aliphatic rings. The highest BCUT2D eigenvalue weighted by Gasteiger charge is 2.38. The van der Waals surface area contributed by atoms with E-state index in [-0.39, 0.29) is 10.0 Å². The molecule has 1 spiro atoms. The van der Waals surface area contributed by atoms with E-state index in [0.29, 0.717) is 5.69 Å². The van der Waals surface area contributed by atoms with Crippen LogP contribution >= 0.6 is 27.7 Å². The lowest BCUT2D eigenvalue weighted by atomic mass is 10.0. The SMILES string of the molecule is FC(F)(F)c1cc(NC2=NC3(CCCC3)CS2)ccc1Br. The second-order valence-corrected chi connectivity index (χ2v) is 7.27. The molecule has 1 fully saturated rings. The van der Waals surface area contributed by atoms with Gasteiger partial charge in [-0.05, 0) is 31.0 Å². The first-order valence-corrected chi connectivity index (χ1v) is 8.52. The van der Waals surface area contributed by atoms with Gasteiger partial charge in [0.05, 0.1) is 11.1 Å². The van der Waals surface area contributed by atoms with Gasteiger partial charge in [0.25, 0.3) is 0 Å². The topological polar surface area (TPSA) is 24.4 Å². The molecule has 7 heteroatoms. The van der Waals surface area contributed by atoms with Crippen molar-refractivity contribution in [2.75, 3.05) is 11.1 Å². The molecule has 0 aromatic heterocycles. The third-order valence-corrected chi connectivity index (χ3v) is 5.71. The summed E-state index contributed by atoms with van der Waals surface area (Å²) in [5.41, 5.74) is -0.228. The number of amidine groups is 1. The molecular formula is C14H14BrF3N2S. The van der Waals surface area contributed by atoms with Gasteiger partial charge in [-0.15, -0.1) is 0 Å². The molecule has 0 radical (unpaired) electrons. The number of hydrogen-bond donors (Lipinski definition) is 1. The molecule has 0 amide bonds. The molecule has 1 saturated carbocycles. The van der Waals surface area contributed by atoms with Gasteiger partial charge in [-0.25, -0.2) is 0 Å². The number of benzene rings is 1. The summed E-state index contributed by atoms with van der Waals surface area (Å²) in [6.07, 6.45) is 0.175. The summed E-state index contributed by atoms with van der Waals surface area (Å²) in [4.78, 5) is 4.70. The van der Waals surface area contributed by atoms with Crippen LogP contribution in [0.15, 0.2) is 27.7 Å². The summed E-state index contributed by atoms with van der Waals surface area (Å²) >= 11 is 4.54. The van der Waals surface area contributed by atoms with Gasteiger partial charge in [-0.3, -0.25) is 4.99 Å². The summed E-state index contributed by atoms with van der Waals surface area (Å²) in [7, 11) is 0. The second-order valence-electron chi connectivity index (χ2n) is 5.45. The van der Waals surface area contributed by atoms with Crippen molar-refractivity contribution in [3.63, 3.8) is 0 Å². The standard InChI is InChI=1S/C14H14BrF3N2S/c15-11-4-3-9(7-10(11)14(16,17)18)19-12-20-13(8-21-12)5-1-2-6-13/h3-4,7H,1-2,5-6,8H2,(H,19,20). The van der Waals surface area contributed by atoms with Gasteiger partial charge in [-0.2, -0.15) is 13.2 Å². The van der Waals surface area contributed by atoms with Crippen LogP contribution in [-0.4, -0.2) is 16.5 Å². The number of anilines is 1. The molecule has 1 aliphatic heterocycles. The fourth-order valence-corrected chi connectivity index (χ4v) is 4.46. The van der Waals surface area contributed by atoms with E-state index in [4.69, 9.17) is 4.99 Å². The molecule has 114 valence electrons. The van der Waals surface area contributed by atoms with Crippen LogP contribution in [0.2, 0.25) is 0 Å². The predicted octanol–water partition coefficient (Wildman–Crippen LogP) is 5.30. The first kappa shape index (κ1) is 15.2. The van der Waals surface area contributed by atoms with Crippen molar-refractivity contribution >= 4 is 38.5 Å². The highest BCUT2D eigenvalue weighted by atomic mass is 79.9. The molecule has 0 atom stereocenters.